The minimum absolute atomic E-state index is 0.0305. The van der Waals surface area contributed by atoms with Crippen LogP contribution in [0, 0.1) is 5.92 Å². The van der Waals surface area contributed by atoms with Crippen LogP contribution in [0.2, 0.25) is 0 Å². The number of nitrogens with zero attached hydrogens (tertiary/aromatic N) is 2. The van der Waals surface area contributed by atoms with Crippen LogP contribution < -0.4 is 0 Å². The number of hydrogen-bond donors (Lipinski definition) is 1. The molecule has 2 saturated heterocycles. The fourth-order valence-electron chi connectivity index (χ4n) is 2.27. The fourth-order valence-corrected chi connectivity index (χ4v) is 2.27. The smallest absolute Gasteiger partial charge is 0.320 e. The van der Waals surface area contributed by atoms with Crippen molar-refractivity contribution < 1.29 is 19.4 Å². The van der Waals surface area contributed by atoms with Crippen LogP contribution in [0.3, 0.4) is 0 Å². The Morgan fingerprint density at radius 3 is 2.24 bits per heavy atom. The summed E-state index contributed by atoms with van der Waals surface area (Å²) in [5, 5.41) is 8.74. The monoisotopic (exact) mass is 242 g/mol. The fraction of sp³-hybridized carbons (Fsp3) is 0.818. The SMILES string of the molecule is COC1CCN(C(=O)N2CC(C(=O)O)C2)CC1. The highest BCUT2D eigenvalue weighted by atomic mass is 16.5. The summed E-state index contributed by atoms with van der Waals surface area (Å²) >= 11 is 0. The number of carbonyl (C=O) groups excluding carboxylic acids is 1. The summed E-state index contributed by atoms with van der Waals surface area (Å²) in [7, 11) is 1.69. The number of carboxylic acids is 1. The maximum atomic E-state index is 12.0. The van der Waals surface area contributed by atoms with Gasteiger partial charge in [-0.05, 0) is 12.8 Å². The number of amides is 2. The maximum Gasteiger partial charge on any atom is 0.320 e. The number of rotatable bonds is 2. The van der Waals surface area contributed by atoms with Crippen molar-refractivity contribution in [3.63, 3.8) is 0 Å². The normalized spacial score (nSPS) is 22.4. The van der Waals surface area contributed by atoms with Gasteiger partial charge in [0.25, 0.3) is 0 Å². The van der Waals surface area contributed by atoms with E-state index < -0.39 is 5.97 Å². The molecule has 6 nitrogen and oxygen atoms in total. The molecule has 0 bridgehead atoms. The van der Waals surface area contributed by atoms with E-state index >= 15 is 0 Å². The summed E-state index contributed by atoms with van der Waals surface area (Å²) < 4.78 is 5.24. The number of aliphatic carboxylic acids is 1. The highest BCUT2D eigenvalue weighted by Gasteiger charge is 2.38. The van der Waals surface area contributed by atoms with Crippen LogP contribution in [0.1, 0.15) is 12.8 Å². The topological polar surface area (TPSA) is 70.1 Å². The molecule has 0 radical (unpaired) electrons. The zero-order chi connectivity index (χ0) is 12.4. The molecule has 0 unspecified atom stereocenters. The van der Waals surface area contributed by atoms with Gasteiger partial charge in [0.05, 0.1) is 12.0 Å². The van der Waals surface area contributed by atoms with Gasteiger partial charge in [0.1, 0.15) is 0 Å². The number of carbonyl (C=O) groups is 2. The van der Waals surface area contributed by atoms with Crippen LogP contribution in [0.4, 0.5) is 4.79 Å². The molecule has 2 aliphatic heterocycles. The molecule has 0 atom stereocenters. The number of carboxylic acid groups (broad SMARTS) is 1. The first-order chi connectivity index (χ1) is 8.11. The zero-order valence-corrected chi connectivity index (χ0v) is 9.96. The van der Waals surface area contributed by atoms with Crippen LogP contribution in [0.5, 0.6) is 0 Å². The third-order valence-electron chi connectivity index (χ3n) is 3.55. The first-order valence-electron chi connectivity index (χ1n) is 5.91. The molecule has 6 heteroatoms. The van der Waals surface area contributed by atoms with Gasteiger partial charge < -0.3 is 19.6 Å². The first-order valence-corrected chi connectivity index (χ1v) is 5.91. The molecule has 0 aromatic carbocycles. The van der Waals surface area contributed by atoms with Gasteiger partial charge in [-0.2, -0.15) is 0 Å². The van der Waals surface area contributed by atoms with Crippen LogP contribution in [-0.2, 0) is 9.53 Å². The number of methoxy groups -OCH3 is 1. The molecule has 0 aromatic heterocycles. The van der Waals surface area contributed by atoms with Gasteiger partial charge in [0.2, 0.25) is 0 Å². The maximum absolute atomic E-state index is 12.0. The molecule has 2 rings (SSSR count). The van der Waals surface area contributed by atoms with Crippen molar-refractivity contribution in [1.82, 2.24) is 9.80 Å². The predicted molar refractivity (Wildman–Crippen MR) is 59.7 cm³/mol. The Balaban J connectivity index is 1.77. The number of piperidine rings is 1. The van der Waals surface area contributed by atoms with E-state index in [-0.39, 0.29) is 18.1 Å². The van der Waals surface area contributed by atoms with Gasteiger partial charge in [-0.15, -0.1) is 0 Å². The molecule has 2 fully saturated rings. The number of urea groups is 1. The lowest BCUT2D eigenvalue weighted by Gasteiger charge is -2.41. The summed E-state index contributed by atoms with van der Waals surface area (Å²) in [5.41, 5.74) is 0. The van der Waals surface area contributed by atoms with Crippen LogP contribution in [-0.4, -0.2) is 66.3 Å². The second-order valence-electron chi connectivity index (χ2n) is 4.64. The molecule has 0 spiro atoms. The summed E-state index contributed by atoms with van der Waals surface area (Å²) in [6.07, 6.45) is 1.97. The minimum Gasteiger partial charge on any atom is -0.481 e. The minimum atomic E-state index is -0.813. The Morgan fingerprint density at radius 2 is 1.76 bits per heavy atom. The zero-order valence-electron chi connectivity index (χ0n) is 9.96. The predicted octanol–water partition coefficient (Wildman–Crippen LogP) is 0.234. The van der Waals surface area contributed by atoms with E-state index in [9.17, 15) is 9.59 Å². The van der Waals surface area contributed by atoms with E-state index in [0.29, 0.717) is 26.2 Å². The Labute approximate surface area is 100 Å². The molecule has 0 aromatic rings. The number of likely N-dealkylation sites (tertiary alicyclic amines) is 2. The van der Waals surface area contributed by atoms with E-state index in [1.54, 1.807) is 16.9 Å². The number of ether oxygens (including phenoxy) is 1. The molecule has 96 valence electrons. The van der Waals surface area contributed by atoms with Gasteiger partial charge in [0, 0.05) is 33.3 Å². The molecule has 0 aliphatic carbocycles. The van der Waals surface area contributed by atoms with E-state index in [1.165, 1.54) is 0 Å². The molecule has 2 heterocycles. The molecule has 2 amide bonds. The van der Waals surface area contributed by atoms with Crippen LogP contribution >= 0.6 is 0 Å². The first kappa shape index (κ1) is 12.2. The van der Waals surface area contributed by atoms with Crippen molar-refractivity contribution in [1.29, 1.82) is 0 Å². The highest BCUT2D eigenvalue weighted by Crippen LogP contribution is 2.20. The molecule has 0 saturated carbocycles. The second-order valence-corrected chi connectivity index (χ2v) is 4.64. The van der Waals surface area contributed by atoms with Gasteiger partial charge in [-0.3, -0.25) is 4.79 Å². The molecular weight excluding hydrogens is 224 g/mol. The molecule has 2 aliphatic rings. The third kappa shape index (κ3) is 2.52. The Bertz CT molecular complexity index is 307. The molecule has 1 N–H and O–H groups in total. The highest BCUT2D eigenvalue weighted by molar-refractivity contribution is 5.79. The average Bonchev–Trinajstić information content (AvgIpc) is 2.26. The summed E-state index contributed by atoms with van der Waals surface area (Å²) in [6.45, 7) is 2.09. The summed E-state index contributed by atoms with van der Waals surface area (Å²) in [6, 6.07) is -0.0305. The lowest BCUT2D eigenvalue weighted by atomic mass is 10.0. The van der Waals surface area contributed by atoms with Gasteiger partial charge in [0.15, 0.2) is 0 Å². The van der Waals surface area contributed by atoms with Crippen molar-refractivity contribution in [2.24, 2.45) is 5.92 Å². The molecule has 17 heavy (non-hydrogen) atoms. The van der Waals surface area contributed by atoms with Crippen molar-refractivity contribution >= 4 is 12.0 Å². The van der Waals surface area contributed by atoms with Gasteiger partial charge >= 0.3 is 12.0 Å². The van der Waals surface area contributed by atoms with Gasteiger partial charge in [-0.1, -0.05) is 0 Å². The van der Waals surface area contributed by atoms with E-state index in [2.05, 4.69) is 0 Å². The molecular formula is C11H18N2O4. The standard InChI is InChI=1S/C11H18N2O4/c1-17-9-2-4-12(5-3-9)11(16)13-6-8(7-13)10(14)15/h8-9H,2-7H2,1H3,(H,14,15). The van der Waals surface area contributed by atoms with Crippen molar-refractivity contribution in [3.8, 4) is 0 Å². The van der Waals surface area contributed by atoms with E-state index in [4.69, 9.17) is 9.84 Å². The van der Waals surface area contributed by atoms with Crippen molar-refractivity contribution in [2.45, 2.75) is 18.9 Å². The Hall–Kier alpha value is -1.30. The quantitative estimate of drug-likeness (QED) is 0.752. The van der Waals surface area contributed by atoms with Crippen molar-refractivity contribution in [2.75, 3.05) is 33.3 Å². The second kappa shape index (κ2) is 4.91. The van der Waals surface area contributed by atoms with Crippen LogP contribution in [0.15, 0.2) is 0 Å². The van der Waals surface area contributed by atoms with Gasteiger partial charge in [-0.25, -0.2) is 4.79 Å². The Morgan fingerprint density at radius 1 is 1.18 bits per heavy atom. The average molecular weight is 242 g/mol. The van der Waals surface area contributed by atoms with Crippen LogP contribution in [0.25, 0.3) is 0 Å². The lowest BCUT2D eigenvalue weighted by molar-refractivity contribution is -0.146. The lowest BCUT2D eigenvalue weighted by Crippen LogP contribution is -2.58. The number of hydrogen-bond acceptors (Lipinski definition) is 3. The largest absolute Gasteiger partial charge is 0.481 e. The van der Waals surface area contributed by atoms with Crippen molar-refractivity contribution in [3.05, 3.63) is 0 Å². The van der Waals surface area contributed by atoms with E-state index in [0.717, 1.165) is 12.8 Å². The third-order valence-corrected chi connectivity index (χ3v) is 3.55. The summed E-state index contributed by atoms with van der Waals surface area (Å²) in [5.74, 6) is -1.19. The summed E-state index contributed by atoms with van der Waals surface area (Å²) in [4.78, 5) is 26.0. The Kier molecular flexibility index (Phi) is 3.51. The van der Waals surface area contributed by atoms with E-state index in [1.807, 2.05) is 0 Å².